The minimum atomic E-state index is -0.433. The molecule has 0 saturated carbocycles. The number of anilines is 1. The summed E-state index contributed by atoms with van der Waals surface area (Å²) >= 11 is 13.2. The Hall–Kier alpha value is -1.76. The molecule has 7 heteroatoms. The summed E-state index contributed by atoms with van der Waals surface area (Å²) in [5.41, 5.74) is 1.05. The van der Waals surface area contributed by atoms with Crippen LogP contribution in [-0.2, 0) is 4.74 Å². The summed E-state index contributed by atoms with van der Waals surface area (Å²) in [6.45, 7) is 2.80. The molecule has 132 valence electrons. The third kappa shape index (κ3) is 6.57. The van der Waals surface area contributed by atoms with Crippen molar-refractivity contribution >= 4 is 52.3 Å². The van der Waals surface area contributed by atoms with Gasteiger partial charge in [-0.25, -0.2) is 4.79 Å². The van der Waals surface area contributed by atoms with E-state index in [1.54, 1.807) is 36.9 Å². The number of carbonyl (C=O) groups excluding carboxylic acids is 1. The van der Waals surface area contributed by atoms with Crippen LogP contribution in [0.15, 0.2) is 53.4 Å². The van der Waals surface area contributed by atoms with Crippen LogP contribution in [0.3, 0.4) is 0 Å². The lowest BCUT2D eigenvalue weighted by molar-refractivity contribution is 0.0526. The molecular weight excluding hydrogens is 376 g/mol. The fraction of sp³-hybridized carbons (Fsp3) is 0.222. The number of nitrogens with one attached hydrogen (secondary N) is 2. The van der Waals surface area contributed by atoms with Crippen LogP contribution >= 0.6 is 35.6 Å². The average molecular weight is 395 g/mol. The van der Waals surface area contributed by atoms with E-state index in [0.29, 0.717) is 28.0 Å². The number of carbonyl (C=O) groups is 1. The van der Waals surface area contributed by atoms with Crippen LogP contribution in [0, 0.1) is 0 Å². The smallest absolute Gasteiger partial charge is 0.339 e. The first kappa shape index (κ1) is 19.6. The molecule has 0 radical (unpaired) electrons. The summed E-state index contributed by atoms with van der Waals surface area (Å²) < 4.78 is 4.95. The van der Waals surface area contributed by atoms with Crippen molar-refractivity contribution in [1.82, 2.24) is 5.32 Å². The minimum Gasteiger partial charge on any atom is -0.462 e. The van der Waals surface area contributed by atoms with Crippen molar-refractivity contribution in [3.8, 4) is 0 Å². The largest absolute Gasteiger partial charge is 0.462 e. The van der Waals surface area contributed by atoms with Crippen molar-refractivity contribution in [3.05, 3.63) is 59.1 Å². The molecule has 4 nitrogen and oxygen atoms in total. The Balaban J connectivity index is 1.78. The van der Waals surface area contributed by atoms with Gasteiger partial charge in [-0.3, -0.25) is 0 Å². The van der Waals surface area contributed by atoms with Gasteiger partial charge in [-0.05, 0) is 49.5 Å². The van der Waals surface area contributed by atoms with Crippen LogP contribution in [0.1, 0.15) is 17.3 Å². The fourth-order valence-electron chi connectivity index (χ4n) is 1.99. The molecule has 2 aromatic carbocycles. The number of rotatable bonds is 7. The Bertz CT molecular complexity index is 726. The van der Waals surface area contributed by atoms with Crippen LogP contribution < -0.4 is 10.6 Å². The molecule has 0 aromatic heterocycles. The van der Waals surface area contributed by atoms with Gasteiger partial charge in [0.25, 0.3) is 0 Å². The van der Waals surface area contributed by atoms with Gasteiger partial charge >= 0.3 is 5.97 Å². The Labute approximate surface area is 162 Å². The summed E-state index contributed by atoms with van der Waals surface area (Å²) in [5, 5.41) is 7.03. The minimum absolute atomic E-state index is 0.310. The SMILES string of the molecule is CCOC(=O)c1ccc(NC(=S)NCCSc2ccccc2)cc1Cl. The maximum atomic E-state index is 11.7. The predicted molar refractivity (Wildman–Crippen MR) is 109 cm³/mol. The second kappa shape index (κ2) is 10.3. The molecule has 0 heterocycles. The summed E-state index contributed by atoms with van der Waals surface area (Å²) in [5.74, 6) is 0.465. The van der Waals surface area contributed by atoms with Gasteiger partial charge in [0.15, 0.2) is 5.11 Å². The van der Waals surface area contributed by atoms with E-state index < -0.39 is 5.97 Å². The number of thiocarbonyl (C=S) groups is 1. The van der Waals surface area contributed by atoms with E-state index in [-0.39, 0.29) is 0 Å². The topological polar surface area (TPSA) is 50.4 Å². The molecular formula is C18H19ClN2O2S2. The van der Waals surface area contributed by atoms with E-state index in [1.807, 2.05) is 18.2 Å². The highest BCUT2D eigenvalue weighted by atomic mass is 35.5. The Kier molecular flexibility index (Phi) is 8.04. The van der Waals surface area contributed by atoms with Crippen molar-refractivity contribution in [2.75, 3.05) is 24.2 Å². The van der Waals surface area contributed by atoms with Crippen molar-refractivity contribution in [2.45, 2.75) is 11.8 Å². The normalized spacial score (nSPS) is 10.2. The molecule has 0 saturated heterocycles. The van der Waals surface area contributed by atoms with Crippen LogP contribution in [0.2, 0.25) is 5.02 Å². The molecule has 0 amide bonds. The third-order valence-electron chi connectivity index (χ3n) is 3.12. The average Bonchev–Trinajstić information content (AvgIpc) is 2.60. The van der Waals surface area contributed by atoms with E-state index in [2.05, 4.69) is 22.8 Å². The zero-order valence-corrected chi connectivity index (χ0v) is 16.1. The molecule has 0 aliphatic heterocycles. The van der Waals surface area contributed by atoms with Gasteiger partial charge in [-0.1, -0.05) is 29.8 Å². The number of esters is 1. The molecule has 0 bridgehead atoms. The number of benzene rings is 2. The van der Waals surface area contributed by atoms with Crippen LogP contribution in [0.5, 0.6) is 0 Å². The van der Waals surface area contributed by atoms with E-state index in [9.17, 15) is 4.79 Å². The lowest BCUT2D eigenvalue weighted by Crippen LogP contribution is -2.30. The van der Waals surface area contributed by atoms with Gasteiger partial charge in [-0.2, -0.15) is 0 Å². The highest BCUT2D eigenvalue weighted by molar-refractivity contribution is 7.99. The summed E-state index contributed by atoms with van der Waals surface area (Å²) in [6, 6.07) is 15.2. The van der Waals surface area contributed by atoms with Gasteiger partial charge < -0.3 is 15.4 Å². The van der Waals surface area contributed by atoms with Gasteiger partial charge in [0, 0.05) is 22.9 Å². The monoisotopic (exact) mass is 394 g/mol. The highest BCUT2D eigenvalue weighted by Gasteiger charge is 2.12. The molecule has 2 aromatic rings. The van der Waals surface area contributed by atoms with Gasteiger partial charge in [-0.15, -0.1) is 11.8 Å². The maximum absolute atomic E-state index is 11.7. The zero-order chi connectivity index (χ0) is 18.1. The molecule has 25 heavy (non-hydrogen) atoms. The first-order chi connectivity index (χ1) is 12.1. The van der Waals surface area contributed by atoms with E-state index >= 15 is 0 Å². The van der Waals surface area contributed by atoms with Crippen LogP contribution in [-0.4, -0.2) is 30.0 Å². The van der Waals surface area contributed by atoms with E-state index in [1.165, 1.54) is 4.90 Å². The third-order valence-corrected chi connectivity index (χ3v) is 4.69. The standard InChI is InChI=1S/C18H19ClN2O2S2/c1-2-23-17(22)15-9-8-13(12-16(15)19)21-18(24)20-10-11-25-14-6-4-3-5-7-14/h3-9,12H,2,10-11H2,1H3,(H2,20,21,24). The maximum Gasteiger partial charge on any atom is 0.339 e. The quantitative estimate of drug-likeness (QED) is 0.310. The van der Waals surface area contributed by atoms with Gasteiger partial charge in [0.05, 0.1) is 17.2 Å². The Morgan fingerprint density at radius 2 is 2.00 bits per heavy atom. The zero-order valence-electron chi connectivity index (χ0n) is 13.8. The predicted octanol–water partition coefficient (Wildman–Crippen LogP) is 4.60. The number of ether oxygens (including phenoxy) is 1. The van der Waals surface area contributed by atoms with E-state index in [4.69, 9.17) is 28.6 Å². The van der Waals surface area contributed by atoms with Crippen molar-refractivity contribution in [1.29, 1.82) is 0 Å². The Morgan fingerprint density at radius 1 is 1.24 bits per heavy atom. The fourth-order valence-corrected chi connectivity index (χ4v) is 3.26. The number of hydrogen-bond donors (Lipinski definition) is 2. The highest BCUT2D eigenvalue weighted by Crippen LogP contribution is 2.22. The molecule has 0 atom stereocenters. The number of halogens is 1. The molecule has 2 rings (SSSR count). The van der Waals surface area contributed by atoms with Gasteiger partial charge in [0.1, 0.15) is 0 Å². The molecule has 2 N–H and O–H groups in total. The van der Waals surface area contributed by atoms with E-state index in [0.717, 1.165) is 12.3 Å². The number of thioether (sulfide) groups is 1. The lowest BCUT2D eigenvalue weighted by Gasteiger charge is -2.12. The second-order valence-electron chi connectivity index (χ2n) is 4.96. The second-order valence-corrected chi connectivity index (χ2v) is 6.94. The van der Waals surface area contributed by atoms with Crippen LogP contribution in [0.4, 0.5) is 5.69 Å². The summed E-state index contributed by atoms with van der Waals surface area (Å²) in [7, 11) is 0. The molecule has 0 fully saturated rings. The molecule has 0 unspecified atom stereocenters. The van der Waals surface area contributed by atoms with Crippen molar-refractivity contribution in [2.24, 2.45) is 0 Å². The van der Waals surface area contributed by atoms with Crippen LogP contribution in [0.25, 0.3) is 0 Å². The first-order valence-electron chi connectivity index (χ1n) is 7.79. The van der Waals surface area contributed by atoms with Crippen molar-refractivity contribution in [3.63, 3.8) is 0 Å². The Morgan fingerprint density at radius 3 is 2.68 bits per heavy atom. The summed E-state index contributed by atoms with van der Waals surface area (Å²) in [4.78, 5) is 12.9. The summed E-state index contributed by atoms with van der Waals surface area (Å²) in [6.07, 6.45) is 0. The van der Waals surface area contributed by atoms with Gasteiger partial charge in [0.2, 0.25) is 0 Å². The number of hydrogen-bond acceptors (Lipinski definition) is 4. The molecule has 0 aliphatic rings. The first-order valence-corrected chi connectivity index (χ1v) is 9.56. The van der Waals surface area contributed by atoms with Crippen molar-refractivity contribution < 1.29 is 9.53 Å². The molecule has 0 spiro atoms. The molecule has 0 aliphatic carbocycles. The lowest BCUT2D eigenvalue weighted by atomic mass is 10.2.